The Hall–Kier alpha value is -2.12. The van der Waals surface area contributed by atoms with Crippen LogP contribution in [0.1, 0.15) is 61.8 Å². The zero-order chi connectivity index (χ0) is 22.2. The standard InChI is InChI=1S/C24H32N2O4S/c1-17-13-20-21(14-24(2,3)15-22(20)30-17)25-23(27)19-9-11-26(12-10-19)31(28,29)16-18-7-5-4-6-8-18/h4-8,13,19,21H,9-12,14-16H2,1-3H3,(H,25,27). The first-order chi connectivity index (χ1) is 14.6. The molecule has 2 heterocycles. The quantitative estimate of drug-likeness (QED) is 0.757. The summed E-state index contributed by atoms with van der Waals surface area (Å²) in [5, 5.41) is 3.24. The molecule has 1 N–H and O–H groups in total. The lowest BCUT2D eigenvalue weighted by Gasteiger charge is -2.36. The van der Waals surface area contributed by atoms with Gasteiger partial charge in [0.2, 0.25) is 15.9 Å². The van der Waals surface area contributed by atoms with Gasteiger partial charge in [-0.1, -0.05) is 44.2 Å². The molecule has 0 bridgehead atoms. The predicted molar refractivity (Wildman–Crippen MR) is 120 cm³/mol. The lowest BCUT2D eigenvalue weighted by Crippen LogP contribution is -2.45. The largest absolute Gasteiger partial charge is 0.466 e. The molecule has 1 amide bonds. The number of sulfonamides is 1. The number of carbonyl (C=O) groups is 1. The van der Waals surface area contributed by atoms with E-state index >= 15 is 0 Å². The number of hydrogen-bond acceptors (Lipinski definition) is 4. The number of furan rings is 1. The van der Waals surface area contributed by atoms with E-state index in [-0.39, 0.29) is 29.0 Å². The number of fused-ring (bicyclic) bond motifs is 1. The van der Waals surface area contributed by atoms with Crippen molar-refractivity contribution < 1.29 is 17.6 Å². The summed E-state index contributed by atoms with van der Waals surface area (Å²) >= 11 is 0. The minimum atomic E-state index is -3.38. The number of amides is 1. The van der Waals surface area contributed by atoms with Crippen LogP contribution in [-0.4, -0.2) is 31.7 Å². The second kappa shape index (κ2) is 8.43. The maximum atomic E-state index is 13.0. The third-order valence-corrected chi connectivity index (χ3v) is 8.31. The fraction of sp³-hybridized carbons (Fsp3) is 0.542. The van der Waals surface area contributed by atoms with Gasteiger partial charge >= 0.3 is 0 Å². The summed E-state index contributed by atoms with van der Waals surface area (Å²) in [6.07, 6.45) is 2.84. The van der Waals surface area contributed by atoms with Crippen LogP contribution in [0.4, 0.5) is 0 Å². The van der Waals surface area contributed by atoms with Gasteiger partial charge in [0.15, 0.2) is 0 Å². The topological polar surface area (TPSA) is 79.6 Å². The van der Waals surface area contributed by atoms with Crippen molar-refractivity contribution in [3.05, 3.63) is 59.0 Å². The van der Waals surface area contributed by atoms with Crippen molar-refractivity contribution >= 4 is 15.9 Å². The molecule has 7 heteroatoms. The van der Waals surface area contributed by atoms with Crippen molar-refractivity contribution in [3.63, 3.8) is 0 Å². The van der Waals surface area contributed by atoms with E-state index in [1.807, 2.05) is 43.3 Å². The van der Waals surface area contributed by atoms with Crippen LogP contribution in [0.25, 0.3) is 0 Å². The molecule has 0 radical (unpaired) electrons. The Morgan fingerprint density at radius 1 is 1.19 bits per heavy atom. The molecule has 1 fully saturated rings. The summed E-state index contributed by atoms with van der Waals surface area (Å²) in [6, 6.07) is 11.2. The lowest BCUT2D eigenvalue weighted by molar-refractivity contribution is -0.127. The average molecular weight is 445 g/mol. The molecule has 1 atom stereocenters. The number of rotatable bonds is 5. The highest BCUT2D eigenvalue weighted by Crippen LogP contribution is 2.42. The summed E-state index contributed by atoms with van der Waals surface area (Å²) in [4.78, 5) is 13.0. The number of hydrogen-bond donors (Lipinski definition) is 1. The normalized spacial score (nSPS) is 22.1. The molecule has 1 aromatic carbocycles. The Bertz CT molecular complexity index is 1030. The van der Waals surface area contributed by atoms with Crippen LogP contribution in [0.2, 0.25) is 0 Å². The molecule has 168 valence electrons. The second-order valence-electron chi connectivity index (χ2n) is 9.76. The Morgan fingerprint density at radius 2 is 1.87 bits per heavy atom. The fourth-order valence-corrected chi connectivity index (χ4v) is 6.44. The van der Waals surface area contributed by atoms with Gasteiger partial charge in [0.25, 0.3) is 0 Å². The van der Waals surface area contributed by atoms with E-state index in [4.69, 9.17) is 4.42 Å². The van der Waals surface area contributed by atoms with Gasteiger partial charge in [-0.15, -0.1) is 0 Å². The lowest BCUT2D eigenvalue weighted by atomic mass is 9.74. The Labute approximate surface area is 185 Å². The van der Waals surface area contributed by atoms with Crippen molar-refractivity contribution in [1.29, 1.82) is 0 Å². The summed E-state index contributed by atoms with van der Waals surface area (Å²) in [6.45, 7) is 7.11. The smallest absolute Gasteiger partial charge is 0.223 e. The molecule has 1 aliphatic carbocycles. The maximum Gasteiger partial charge on any atom is 0.223 e. The summed E-state index contributed by atoms with van der Waals surface area (Å²) in [5.41, 5.74) is 1.94. The third-order valence-electron chi connectivity index (χ3n) is 6.46. The van der Waals surface area contributed by atoms with Crippen molar-refractivity contribution in [2.45, 2.75) is 58.2 Å². The Morgan fingerprint density at radius 3 is 2.55 bits per heavy atom. The first-order valence-corrected chi connectivity index (χ1v) is 12.7. The van der Waals surface area contributed by atoms with E-state index < -0.39 is 10.0 Å². The molecule has 4 rings (SSSR count). The second-order valence-corrected chi connectivity index (χ2v) is 11.7. The monoisotopic (exact) mass is 444 g/mol. The Balaban J connectivity index is 1.36. The number of aryl methyl sites for hydroxylation is 1. The van der Waals surface area contributed by atoms with Gasteiger partial charge in [-0.2, -0.15) is 0 Å². The minimum absolute atomic E-state index is 0.00444. The van der Waals surface area contributed by atoms with Crippen molar-refractivity contribution in [3.8, 4) is 0 Å². The number of carbonyl (C=O) groups excluding carboxylic acids is 1. The zero-order valence-corrected chi connectivity index (χ0v) is 19.4. The van der Waals surface area contributed by atoms with Crippen molar-refractivity contribution in [2.75, 3.05) is 13.1 Å². The molecule has 1 saturated heterocycles. The van der Waals surface area contributed by atoms with Gasteiger partial charge < -0.3 is 9.73 Å². The van der Waals surface area contributed by atoms with Gasteiger partial charge in [-0.05, 0) is 43.2 Å². The van der Waals surface area contributed by atoms with Gasteiger partial charge in [-0.25, -0.2) is 12.7 Å². The number of nitrogens with one attached hydrogen (secondary N) is 1. The van der Waals surface area contributed by atoms with Crippen LogP contribution >= 0.6 is 0 Å². The first kappa shape index (κ1) is 22.1. The number of nitrogens with zero attached hydrogens (tertiary/aromatic N) is 1. The van der Waals surface area contributed by atoms with Gasteiger partial charge in [0, 0.05) is 31.0 Å². The zero-order valence-electron chi connectivity index (χ0n) is 18.6. The first-order valence-electron chi connectivity index (χ1n) is 11.0. The molecule has 1 aromatic heterocycles. The van der Waals surface area contributed by atoms with Crippen LogP contribution in [0.5, 0.6) is 0 Å². The molecule has 0 saturated carbocycles. The molecule has 2 aliphatic rings. The van der Waals surface area contributed by atoms with E-state index in [1.54, 1.807) is 0 Å². The molecular formula is C24H32N2O4S. The maximum absolute atomic E-state index is 13.0. The highest BCUT2D eigenvalue weighted by atomic mass is 32.2. The predicted octanol–water partition coefficient (Wildman–Crippen LogP) is 3.96. The van der Waals surface area contributed by atoms with Gasteiger partial charge in [0.1, 0.15) is 11.5 Å². The van der Waals surface area contributed by atoms with Gasteiger partial charge in [0.05, 0.1) is 11.8 Å². The fourth-order valence-electron chi connectivity index (χ4n) is 4.88. The molecule has 1 unspecified atom stereocenters. The minimum Gasteiger partial charge on any atom is -0.466 e. The number of benzene rings is 1. The van der Waals surface area contributed by atoms with E-state index in [2.05, 4.69) is 19.2 Å². The van der Waals surface area contributed by atoms with Crippen molar-refractivity contribution in [2.24, 2.45) is 11.3 Å². The van der Waals surface area contributed by atoms with Crippen LogP contribution < -0.4 is 5.32 Å². The van der Waals surface area contributed by atoms with E-state index in [1.165, 1.54) is 4.31 Å². The molecule has 0 spiro atoms. The van der Waals surface area contributed by atoms with Crippen LogP contribution in [-0.2, 0) is 27.0 Å². The highest BCUT2D eigenvalue weighted by molar-refractivity contribution is 7.88. The van der Waals surface area contributed by atoms with Crippen molar-refractivity contribution in [1.82, 2.24) is 9.62 Å². The van der Waals surface area contributed by atoms with Gasteiger partial charge in [-0.3, -0.25) is 4.79 Å². The highest BCUT2D eigenvalue weighted by Gasteiger charge is 2.37. The molecule has 31 heavy (non-hydrogen) atoms. The van der Waals surface area contributed by atoms with E-state index in [0.29, 0.717) is 25.9 Å². The number of piperidine rings is 1. The van der Waals surface area contributed by atoms with Crippen LogP contribution in [0, 0.1) is 18.3 Å². The molecule has 1 aliphatic heterocycles. The summed E-state index contributed by atoms with van der Waals surface area (Å²) in [5.74, 6) is 1.71. The summed E-state index contributed by atoms with van der Waals surface area (Å²) < 4.78 is 33.0. The average Bonchev–Trinajstić information content (AvgIpc) is 3.07. The Kier molecular flexibility index (Phi) is 6.01. The van der Waals surface area contributed by atoms with E-state index in [9.17, 15) is 13.2 Å². The van der Waals surface area contributed by atoms with Crippen LogP contribution in [0.3, 0.4) is 0 Å². The third kappa shape index (κ3) is 5.04. The molecule has 6 nitrogen and oxygen atoms in total. The SMILES string of the molecule is Cc1cc2c(o1)CC(C)(C)CC2NC(=O)C1CCN(S(=O)(=O)Cc2ccccc2)CC1. The van der Waals surface area contributed by atoms with Crippen LogP contribution in [0.15, 0.2) is 40.8 Å². The van der Waals surface area contributed by atoms with E-state index in [0.717, 1.165) is 35.5 Å². The molecule has 2 aromatic rings. The summed E-state index contributed by atoms with van der Waals surface area (Å²) in [7, 11) is -3.38. The molecular weight excluding hydrogens is 412 g/mol.